The van der Waals surface area contributed by atoms with Gasteiger partial charge in [0.2, 0.25) is 0 Å². The summed E-state index contributed by atoms with van der Waals surface area (Å²) in [6, 6.07) is 20.1. The zero-order valence-electron chi connectivity index (χ0n) is 16.9. The molecule has 3 rings (SSSR count). The van der Waals surface area contributed by atoms with Gasteiger partial charge in [-0.3, -0.25) is 14.8 Å². The zero-order valence-corrected chi connectivity index (χ0v) is 17.8. The maximum absolute atomic E-state index is 12.8. The van der Waals surface area contributed by atoms with Crippen LogP contribution in [0.4, 0.5) is 5.69 Å². The number of aromatic carboxylic acids is 1. The van der Waals surface area contributed by atoms with Gasteiger partial charge in [0, 0.05) is 16.8 Å². The number of nitrogens with two attached hydrogens (primary N) is 1. The Balaban J connectivity index is 0.000000654. The van der Waals surface area contributed by atoms with E-state index in [2.05, 4.69) is 5.32 Å². The van der Waals surface area contributed by atoms with Crippen molar-refractivity contribution in [3.63, 3.8) is 0 Å². The number of hydrogen-bond donors (Lipinski definition) is 5. The molecule has 0 spiro atoms. The molecule has 6 N–H and O–H groups in total. The van der Waals surface area contributed by atoms with E-state index < -0.39 is 16.1 Å². The lowest BCUT2D eigenvalue weighted by Crippen LogP contribution is -2.14. The van der Waals surface area contributed by atoms with E-state index >= 15 is 0 Å². The van der Waals surface area contributed by atoms with Crippen LogP contribution in [0.15, 0.2) is 72.8 Å². The molecule has 0 aliphatic heterocycles. The lowest BCUT2D eigenvalue weighted by Gasteiger charge is -2.11. The third-order valence-corrected chi connectivity index (χ3v) is 4.05. The van der Waals surface area contributed by atoms with Crippen molar-refractivity contribution in [2.75, 3.05) is 11.6 Å². The van der Waals surface area contributed by atoms with Crippen molar-refractivity contribution in [2.24, 2.45) is 5.73 Å². The number of carboxylic acid groups (broad SMARTS) is 1. The molecular formula is C22H21N3O6S. The Labute approximate surface area is 184 Å². The predicted octanol–water partition coefficient (Wildman–Crippen LogP) is 3.09. The van der Waals surface area contributed by atoms with Gasteiger partial charge in [0.1, 0.15) is 5.84 Å². The van der Waals surface area contributed by atoms with Crippen LogP contribution >= 0.6 is 0 Å². The van der Waals surface area contributed by atoms with Crippen molar-refractivity contribution in [1.82, 2.24) is 0 Å². The van der Waals surface area contributed by atoms with Gasteiger partial charge in [-0.2, -0.15) is 8.42 Å². The molecule has 9 nitrogen and oxygen atoms in total. The summed E-state index contributed by atoms with van der Waals surface area (Å²) in [5.74, 6) is -1.39. The minimum atomic E-state index is -3.67. The molecule has 3 aromatic rings. The van der Waals surface area contributed by atoms with E-state index in [-0.39, 0.29) is 17.3 Å². The maximum Gasteiger partial charge on any atom is 0.335 e. The van der Waals surface area contributed by atoms with E-state index in [0.717, 1.165) is 0 Å². The summed E-state index contributed by atoms with van der Waals surface area (Å²) >= 11 is 0. The summed E-state index contributed by atoms with van der Waals surface area (Å²) in [5, 5.41) is 19.4. The number of carboxylic acids is 1. The fraction of sp³-hybridized carbons (Fsp3) is 0.0455. The summed E-state index contributed by atoms with van der Waals surface area (Å²) in [6.45, 7) is 0. The summed E-state index contributed by atoms with van der Waals surface area (Å²) in [5.41, 5.74) is 8.43. The molecule has 0 aromatic heterocycles. The van der Waals surface area contributed by atoms with Crippen LogP contribution in [-0.2, 0) is 10.1 Å². The monoisotopic (exact) mass is 455 g/mol. The zero-order chi connectivity index (χ0) is 23.9. The maximum atomic E-state index is 12.8. The first-order chi connectivity index (χ1) is 15.0. The van der Waals surface area contributed by atoms with Gasteiger partial charge in [0.15, 0.2) is 0 Å². The number of carbonyl (C=O) groups excluding carboxylic acids is 1. The number of amides is 1. The average molecular weight is 455 g/mol. The van der Waals surface area contributed by atoms with E-state index in [1.807, 2.05) is 0 Å². The summed E-state index contributed by atoms with van der Waals surface area (Å²) in [7, 11) is -3.67. The molecular weight excluding hydrogens is 434 g/mol. The number of hydrogen-bond acceptors (Lipinski definition) is 5. The first kappa shape index (κ1) is 24.3. The highest BCUT2D eigenvalue weighted by Crippen LogP contribution is 2.25. The van der Waals surface area contributed by atoms with Crippen LogP contribution in [0.25, 0.3) is 11.1 Å². The van der Waals surface area contributed by atoms with Crippen molar-refractivity contribution in [3.05, 3.63) is 89.5 Å². The number of anilines is 1. The summed E-state index contributed by atoms with van der Waals surface area (Å²) < 4.78 is 25.9. The van der Waals surface area contributed by atoms with Gasteiger partial charge in [-0.05, 0) is 53.6 Å². The number of nitrogens with one attached hydrogen (secondary N) is 2. The Kier molecular flexibility index (Phi) is 7.83. The molecule has 1 amide bonds. The SMILES string of the molecule is CS(=O)(=O)O.N=C(N)c1ccc(NC(=O)c2ccccc2-c2cccc(C(=O)O)c2)cc1. The topological polar surface area (TPSA) is 171 Å². The van der Waals surface area contributed by atoms with E-state index in [1.165, 1.54) is 12.1 Å². The van der Waals surface area contributed by atoms with E-state index in [0.29, 0.717) is 34.2 Å². The van der Waals surface area contributed by atoms with Crippen LogP contribution in [0.2, 0.25) is 0 Å². The smallest absolute Gasteiger partial charge is 0.335 e. The third kappa shape index (κ3) is 7.35. The molecule has 0 atom stereocenters. The second-order valence-corrected chi connectivity index (χ2v) is 8.08. The molecule has 166 valence electrons. The molecule has 0 aliphatic carbocycles. The number of nitrogen functional groups attached to an aromatic ring is 1. The van der Waals surface area contributed by atoms with Gasteiger partial charge in [-0.15, -0.1) is 0 Å². The van der Waals surface area contributed by atoms with Crippen molar-refractivity contribution >= 4 is 33.5 Å². The summed E-state index contributed by atoms with van der Waals surface area (Å²) in [4.78, 5) is 24.0. The van der Waals surface area contributed by atoms with Crippen LogP contribution in [0.1, 0.15) is 26.3 Å². The van der Waals surface area contributed by atoms with Gasteiger partial charge < -0.3 is 16.2 Å². The number of rotatable bonds is 5. The van der Waals surface area contributed by atoms with Gasteiger partial charge >= 0.3 is 5.97 Å². The first-order valence-corrected chi connectivity index (χ1v) is 10.9. The van der Waals surface area contributed by atoms with Crippen LogP contribution in [-0.4, -0.2) is 42.0 Å². The van der Waals surface area contributed by atoms with Crippen LogP contribution < -0.4 is 11.1 Å². The molecule has 0 unspecified atom stereocenters. The second kappa shape index (κ2) is 10.3. The molecule has 0 saturated heterocycles. The molecule has 0 bridgehead atoms. The van der Waals surface area contributed by atoms with E-state index in [4.69, 9.17) is 15.7 Å². The lowest BCUT2D eigenvalue weighted by atomic mass is 9.97. The Bertz CT molecular complexity index is 1250. The number of carbonyl (C=O) groups is 2. The van der Waals surface area contributed by atoms with Crippen molar-refractivity contribution < 1.29 is 27.7 Å². The highest BCUT2D eigenvalue weighted by Gasteiger charge is 2.14. The minimum Gasteiger partial charge on any atom is -0.478 e. The minimum absolute atomic E-state index is 0.0449. The molecule has 0 fully saturated rings. The molecule has 32 heavy (non-hydrogen) atoms. The van der Waals surface area contributed by atoms with Crippen molar-refractivity contribution in [3.8, 4) is 11.1 Å². The Morgan fingerprint density at radius 1 is 0.938 bits per heavy atom. The highest BCUT2D eigenvalue weighted by atomic mass is 32.2. The average Bonchev–Trinajstić information content (AvgIpc) is 2.73. The number of amidine groups is 1. The first-order valence-electron chi connectivity index (χ1n) is 9.06. The molecule has 0 heterocycles. The molecule has 3 aromatic carbocycles. The summed E-state index contributed by atoms with van der Waals surface area (Å²) in [6.07, 6.45) is 0.715. The van der Waals surface area contributed by atoms with Gasteiger partial charge in [0.25, 0.3) is 16.0 Å². The van der Waals surface area contributed by atoms with Crippen LogP contribution in [0.5, 0.6) is 0 Å². The standard InChI is InChI=1S/C21H17N3O3.CH4O3S/c22-19(23)13-8-10-16(11-9-13)24-20(25)18-7-2-1-6-17(18)14-4-3-5-15(12-14)21(26)27;1-5(2,3)4/h1-12H,(H3,22,23)(H,24,25)(H,26,27);1H3,(H,2,3,4). The van der Waals surface area contributed by atoms with Gasteiger partial charge in [0.05, 0.1) is 11.8 Å². The Hall–Kier alpha value is -4.02. The van der Waals surface area contributed by atoms with Crippen molar-refractivity contribution in [2.45, 2.75) is 0 Å². The fourth-order valence-corrected chi connectivity index (χ4v) is 2.68. The van der Waals surface area contributed by atoms with Crippen LogP contribution in [0.3, 0.4) is 0 Å². The molecule has 0 saturated carbocycles. The normalized spacial score (nSPS) is 10.4. The molecule has 10 heteroatoms. The second-order valence-electron chi connectivity index (χ2n) is 6.61. The Morgan fingerprint density at radius 2 is 1.53 bits per heavy atom. The molecule has 0 aliphatic rings. The Morgan fingerprint density at radius 3 is 2.09 bits per heavy atom. The van der Waals surface area contributed by atoms with Gasteiger partial charge in [-0.1, -0.05) is 30.3 Å². The molecule has 0 radical (unpaired) electrons. The quantitative estimate of drug-likeness (QED) is 0.223. The predicted molar refractivity (Wildman–Crippen MR) is 122 cm³/mol. The van der Waals surface area contributed by atoms with E-state index in [9.17, 15) is 23.1 Å². The van der Waals surface area contributed by atoms with E-state index in [1.54, 1.807) is 60.7 Å². The fourth-order valence-electron chi connectivity index (χ4n) is 2.68. The third-order valence-electron chi connectivity index (χ3n) is 4.05. The lowest BCUT2D eigenvalue weighted by molar-refractivity contribution is 0.0696. The van der Waals surface area contributed by atoms with Crippen molar-refractivity contribution in [1.29, 1.82) is 5.41 Å². The van der Waals surface area contributed by atoms with Crippen LogP contribution in [0, 0.1) is 5.41 Å². The highest BCUT2D eigenvalue weighted by molar-refractivity contribution is 7.85. The largest absolute Gasteiger partial charge is 0.478 e. The number of benzene rings is 3. The van der Waals surface area contributed by atoms with Gasteiger partial charge in [-0.25, -0.2) is 4.79 Å².